The first-order valence-corrected chi connectivity index (χ1v) is 9.00. The van der Waals surface area contributed by atoms with Crippen molar-refractivity contribution in [3.05, 3.63) is 0 Å². The lowest BCUT2D eigenvalue weighted by Crippen LogP contribution is -2.44. The number of amides is 5. The minimum absolute atomic E-state index is 0.000545. The fourth-order valence-electron chi connectivity index (χ4n) is 2.57. The first-order valence-electron chi connectivity index (χ1n) is 9.00. The maximum atomic E-state index is 12.3. The predicted molar refractivity (Wildman–Crippen MR) is 97.1 cm³/mol. The molecule has 12 nitrogen and oxygen atoms in total. The Balaban J connectivity index is 1.77. The minimum atomic E-state index is -0.888. The van der Waals surface area contributed by atoms with Crippen LogP contribution in [0.3, 0.4) is 0 Å². The van der Waals surface area contributed by atoms with Gasteiger partial charge in [-0.25, -0.2) is 4.79 Å². The molecule has 2 rings (SSSR count). The average molecular weight is 397 g/mol. The lowest BCUT2D eigenvalue weighted by atomic mass is 10.1. The first-order chi connectivity index (χ1) is 13.3. The molecule has 0 aromatic carbocycles. The van der Waals surface area contributed by atoms with Gasteiger partial charge in [-0.15, -0.1) is 0 Å². The highest BCUT2D eigenvalue weighted by Gasteiger charge is 2.39. The molecule has 12 heteroatoms. The molecule has 6 N–H and O–H groups in total. The van der Waals surface area contributed by atoms with E-state index >= 15 is 0 Å². The van der Waals surface area contributed by atoms with Crippen LogP contribution >= 0.6 is 0 Å². The fourth-order valence-corrected chi connectivity index (χ4v) is 2.57. The van der Waals surface area contributed by atoms with Crippen molar-refractivity contribution < 1.29 is 29.1 Å². The second kappa shape index (κ2) is 9.67. The van der Waals surface area contributed by atoms with Crippen LogP contribution < -0.4 is 21.3 Å². The smallest absolute Gasteiger partial charge is 0.520 e. The Bertz CT molecular complexity index is 693. The number of aliphatic imine (C=N–C) groups is 1. The molecule has 0 aliphatic carbocycles. The van der Waals surface area contributed by atoms with Crippen molar-refractivity contribution in [3.8, 4) is 0 Å². The fraction of sp³-hybridized carbons (Fsp3) is 0.625. The van der Waals surface area contributed by atoms with Crippen LogP contribution in [-0.2, 0) is 19.2 Å². The van der Waals surface area contributed by atoms with Gasteiger partial charge in [-0.3, -0.25) is 29.6 Å². The third-order valence-electron chi connectivity index (χ3n) is 4.28. The van der Waals surface area contributed by atoms with E-state index in [9.17, 15) is 24.0 Å². The summed E-state index contributed by atoms with van der Waals surface area (Å²) in [4.78, 5) is 63.8. The van der Waals surface area contributed by atoms with Crippen molar-refractivity contribution in [3.63, 3.8) is 0 Å². The van der Waals surface area contributed by atoms with Crippen LogP contribution in [0.25, 0.3) is 0 Å². The van der Waals surface area contributed by atoms with Gasteiger partial charge in [0, 0.05) is 30.8 Å². The normalized spacial score (nSPS) is 20.0. The molecular weight excluding hydrogens is 372 g/mol. The molecule has 1 fully saturated rings. The van der Waals surface area contributed by atoms with E-state index < -0.39 is 42.3 Å². The summed E-state index contributed by atoms with van der Waals surface area (Å²) in [6, 6.07) is -1.60. The monoisotopic (exact) mass is 397 g/mol. The SMILES string of the molecule is CC(CNC(=O)CN1C(=O)NC(CCC(=O)NC2=NCCCN2)C1=O)C(=O)[OH2+]. The van der Waals surface area contributed by atoms with Crippen LogP contribution in [0.4, 0.5) is 4.79 Å². The quantitative estimate of drug-likeness (QED) is 0.254. The number of hydrogen-bond acceptors (Lipinski definition) is 7. The summed E-state index contributed by atoms with van der Waals surface area (Å²) in [5.41, 5.74) is 0. The molecule has 1 saturated heterocycles. The number of carbonyl (C=O) groups is 5. The summed E-state index contributed by atoms with van der Waals surface area (Å²) in [5, 5.41) is 17.3. The molecular formula is C16H25N6O6+. The number of imide groups is 1. The van der Waals surface area contributed by atoms with Gasteiger partial charge in [0.05, 0.1) is 0 Å². The van der Waals surface area contributed by atoms with Crippen molar-refractivity contribution in [1.82, 2.24) is 26.2 Å². The van der Waals surface area contributed by atoms with Crippen LogP contribution in [0, 0.1) is 5.92 Å². The molecule has 2 unspecified atom stereocenters. The van der Waals surface area contributed by atoms with Gasteiger partial charge in [0.1, 0.15) is 18.5 Å². The van der Waals surface area contributed by atoms with E-state index in [1.807, 2.05) is 0 Å². The van der Waals surface area contributed by atoms with Gasteiger partial charge < -0.3 is 21.1 Å². The van der Waals surface area contributed by atoms with Gasteiger partial charge in [0.25, 0.3) is 5.91 Å². The van der Waals surface area contributed by atoms with Crippen LogP contribution in [0.1, 0.15) is 26.2 Å². The average Bonchev–Trinajstić information content (AvgIpc) is 2.92. The maximum absolute atomic E-state index is 12.3. The zero-order valence-corrected chi connectivity index (χ0v) is 15.5. The van der Waals surface area contributed by atoms with E-state index in [4.69, 9.17) is 5.11 Å². The highest BCUT2D eigenvalue weighted by atomic mass is 16.4. The van der Waals surface area contributed by atoms with Crippen molar-refractivity contribution in [2.24, 2.45) is 10.9 Å². The number of hydrogen-bond donors (Lipinski definition) is 4. The molecule has 2 aliphatic rings. The topological polar surface area (TPSA) is 172 Å². The van der Waals surface area contributed by atoms with Crippen LogP contribution in [-0.4, -0.2) is 77.9 Å². The molecule has 2 aliphatic heterocycles. The van der Waals surface area contributed by atoms with Gasteiger partial charge >= 0.3 is 12.0 Å². The van der Waals surface area contributed by atoms with Crippen LogP contribution in [0.5, 0.6) is 0 Å². The molecule has 0 aromatic rings. The Kier molecular flexibility index (Phi) is 7.29. The summed E-state index contributed by atoms with van der Waals surface area (Å²) >= 11 is 0. The standard InChI is InChI=1S/C16H24N6O6/c1-9(14(26)27)7-19-12(24)8-22-13(25)10(20-16(22)28)3-4-11(23)21-15-17-5-2-6-18-15/h9-10H,2-8H2,1H3,(H,19,24)(H,20,28)(H,26,27)(H2,17,18,21,23)/p+1. The summed E-state index contributed by atoms with van der Waals surface area (Å²) < 4.78 is 0. The Morgan fingerprint density at radius 1 is 1.32 bits per heavy atom. The molecule has 5 amide bonds. The zero-order valence-electron chi connectivity index (χ0n) is 15.5. The van der Waals surface area contributed by atoms with E-state index in [1.165, 1.54) is 6.92 Å². The highest BCUT2D eigenvalue weighted by Crippen LogP contribution is 2.11. The molecule has 154 valence electrons. The number of rotatable bonds is 8. The molecule has 0 saturated carbocycles. The van der Waals surface area contributed by atoms with E-state index in [2.05, 4.69) is 26.3 Å². The van der Waals surface area contributed by atoms with Gasteiger partial charge in [0.15, 0.2) is 5.96 Å². The van der Waals surface area contributed by atoms with E-state index in [0.717, 1.165) is 17.9 Å². The van der Waals surface area contributed by atoms with Crippen LogP contribution in [0.2, 0.25) is 0 Å². The Morgan fingerprint density at radius 2 is 2.07 bits per heavy atom. The Morgan fingerprint density at radius 3 is 2.71 bits per heavy atom. The number of nitrogens with one attached hydrogen (secondary N) is 4. The largest absolute Gasteiger partial charge is 0.564 e. The van der Waals surface area contributed by atoms with E-state index in [-0.39, 0.29) is 25.3 Å². The number of urea groups is 1. The van der Waals surface area contributed by atoms with Crippen LogP contribution in [0.15, 0.2) is 4.99 Å². The Hall–Kier alpha value is -3.18. The van der Waals surface area contributed by atoms with E-state index in [0.29, 0.717) is 12.5 Å². The number of carbonyl (C=O) groups excluding carboxylic acids is 5. The maximum Gasteiger partial charge on any atom is 0.520 e. The van der Waals surface area contributed by atoms with Gasteiger partial charge in [-0.1, -0.05) is 0 Å². The number of nitrogens with zero attached hydrogens (tertiary/aromatic N) is 2. The lowest BCUT2D eigenvalue weighted by Gasteiger charge is -2.15. The van der Waals surface area contributed by atoms with Crippen molar-refractivity contribution in [1.29, 1.82) is 0 Å². The third kappa shape index (κ3) is 5.93. The predicted octanol–water partition coefficient (Wildman–Crippen LogP) is -2.84. The van der Waals surface area contributed by atoms with Crippen molar-refractivity contribution in [2.45, 2.75) is 32.2 Å². The lowest BCUT2D eigenvalue weighted by molar-refractivity contribution is -0.141. The summed E-state index contributed by atoms with van der Waals surface area (Å²) in [6.07, 6.45) is 0.983. The third-order valence-corrected chi connectivity index (χ3v) is 4.28. The highest BCUT2D eigenvalue weighted by molar-refractivity contribution is 6.06. The second-order valence-corrected chi connectivity index (χ2v) is 6.59. The van der Waals surface area contributed by atoms with Gasteiger partial charge in [-0.05, 0) is 19.8 Å². The van der Waals surface area contributed by atoms with Crippen molar-refractivity contribution in [2.75, 3.05) is 26.2 Å². The molecule has 2 atom stereocenters. The minimum Gasteiger partial charge on any atom is -0.564 e. The van der Waals surface area contributed by atoms with Gasteiger partial charge in [0.2, 0.25) is 11.8 Å². The van der Waals surface area contributed by atoms with Gasteiger partial charge in [-0.2, -0.15) is 0 Å². The molecule has 2 heterocycles. The Labute approximate surface area is 161 Å². The molecule has 0 radical (unpaired) electrons. The number of guanidine groups is 1. The first kappa shape index (κ1) is 21.1. The molecule has 0 bridgehead atoms. The second-order valence-electron chi connectivity index (χ2n) is 6.59. The van der Waals surface area contributed by atoms with Crippen molar-refractivity contribution >= 4 is 35.7 Å². The zero-order chi connectivity index (χ0) is 20.7. The summed E-state index contributed by atoms with van der Waals surface area (Å²) in [6.45, 7) is 2.30. The molecule has 28 heavy (non-hydrogen) atoms. The van der Waals surface area contributed by atoms with E-state index in [1.54, 1.807) is 0 Å². The molecule has 0 spiro atoms. The molecule has 0 aromatic heterocycles. The summed E-state index contributed by atoms with van der Waals surface area (Å²) in [5.74, 6) is -2.64. The summed E-state index contributed by atoms with van der Waals surface area (Å²) in [7, 11) is 0.